The van der Waals surface area contributed by atoms with Crippen LogP contribution in [-0.4, -0.2) is 72.4 Å². The fourth-order valence-corrected chi connectivity index (χ4v) is 4.81. The van der Waals surface area contributed by atoms with E-state index in [4.69, 9.17) is 4.74 Å². The molecule has 2 aliphatic rings. The summed E-state index contributed by atoms with van der Waals surface area (Å²) in [6, 6.07) is 11.5. The minimum atomic E-state index is -0.308. The van der Waals surface area contributed by atoms with Gasteiger partial charge in [0.2, 0.25) is 5.91 Å². The zero-order valence-corrected chi connectivity index (χ0v) is 17.6. The molecule has 0 N–H and O–H groups in total. The van der Waals surface area contributed by atoms with Gasteiger partial charge < -0.3 is 14.5 Å². The first kappa shape index (κ1) is 19.9. The van der Waals surface area contributed by atoms with Gasteiger partial charge in [-0.15, -0.1) is 11.3 Å². The number of hydrogen-bond donors (Lipinski definition) is 0. The zero-order valence-electron chi connectivity index (χ0n) is 16.8. The summed E-state index contributed by atoms with van der Waals surface area (Å²) in [4.78, 5) is 32.7. The molecule has 6 nitrogen and oxygen atoms in total. The van der Waals surface area contributed by atoms with E-state index in [1.165, 1.54) is 16.9 Å². The van der Waals surface area contributed by atoms with Crippen LogP contribution in [0.3, 0.4) is 0 Å². The highest BCUT2D eigenvalue weighted by Crippen LogP contribution is 2.24. The first-order chi connectivity index (χ1) is 14.2. The van der Waals surface area contributed by atoms with Crippen molar-refractivity contribution >= 4 is 23.2 Å². The molecular formula is C22H27N3O3S. The van der Waals surface area contributed by atoms with Crippen molar-refractivity contribution in [3.05, 3.63) is 52.2 Å². The zero-order chi connectivity index (χ0) is 20.2. The molecule has 2 aliphatic heterocycles. The third kappa shape index (κ3) is 4.46. The fourth-order valence-electron chi connectivity index (χ4n) is 4.13. The molecule has 0 unspecified atom stereocenters. The van der Waals surface area contributed by atoms with Crippen LogP contribution in [0.1, 0.15) is 28.1 Å². The number of carbonyl (C=O) groups is 2. The molecule has 3 heterocycles. The van der Waals surface area contributed by atoms with Crippen LogP contribution in [0.2, 0.25) is 0 Å². The third-order valence-corrected chi connectivity index (χ3v) is 6.64. The van der Waals surface area contributed by atoms with Crippen molar-refractivity contribution in [2.75, 3.05) is 39.8 Å². The molecule has 0 saturated carbocycles. The molecule has 0 radical (unpaired) electrons. The monoisotopic (exact) mass is 413 g/mol. The molecule has 2 amide bonds. The van der Waals surface area contributed by atoms with Gasteiger partial charge in [-0.25, -0.2) is 0 Å². The lowest BCUT2D eigenvalue weighted by molar-refractivity contribution is -0.137. The highest BCUT2D eigenvalue weighted by molar-refractivity contribution is 7.12. The van der Waals surface area contributed by atoms with E-state index in [0.29, 0.717) is 24.5 Å². The molecule has 2 aromatic rings. The maximum Gasteiger partial charge on any atom is 0.264 e. The Kier molecular flexibility index (Phi) is 6.16. The largest absolute Gasteiger partial charge is 0.497 e. The van der Waals surface area contributed by atoms with Gasteiger partial charge in [-0.1, -0.05) is 18.2 Å². The Morgan fingerprint density at radius 1 is 1.07 bits per heavy atom. The summed E-state index contributed by atoms with van der Waals surface area (Å²) in [6.45, 7) is 4.68. The highest BCUT2D eigenvalue weighted by atomic mass is 32.1. The van der Waals surface area contributed by atoms with Gasteiger partial charge in [0.15, 0.2) is 0 Å². The molecule has 7 heteroatoms. The number of likely N-dealkylation sites (tertiary alicyclic amines) is 1. The molecule has 0 spiro atoms. The number of amides is 2. The molecule has 4 rings (SSSR count). The fraction of sp³-hybridized carbons (Fsp3) is 0.455. The SMILES string of the molecule is COc1ccc(CN2CCN(C(=O)[C@H]3CCCN3C(=O)c3cccs3)CC2)cc1. The van der Waals surface area contributed by atoms with Gasteiger partial charge in [-0.05, 0) is 42.0 Å². The quantitative estimate of drug-likeness (QED) is 0.756. The van der Waals surface area contributed by atoms with Gasteiger partial charge in [0.05, 0.1) is 12.0 Å². The van der Waals surface area contributed by atoms with Crippen LogP contribution in [0.5, 0.6) is 5.75 Å². The number of thiophene rings is 1. The minimum absolute atomic E-state index is 0.00556. The standard InChI is InChI=1S/C22H27N3O3S/c1-28-18-8-6-17(7-9-18)16-23-11-13-24(14-12-23)21(26)19-4-2-10-25(19)22(27)20-5-3-15-29-20/h3,5-9,15,19H,2,4,10-14,16H2,1H3/t19-/m1/s1. The lowest BCUT2D eigenvalue weighted by Crippen LogP contribution is -2.54. The molecule has 1 aromatic carbocycles. The third-order valence-electron chi connectivity index (χ3n) is 5.78. The van der Waals surface area contributed by atoms with Gasteiger partial charge in [-0.2, -0.15) is 0 Å². The number of nitrogens with zero attached hydrogens (tertiary/aromatic N) is 3. The normalized spacial score (nSPS) is 20.1. The van der Waals surface area contributed by atoms with E-state index in [1.54, 1.807) is 12.0 Å². The molecule has 0 aliphatic carbocycles. The molecule has 29 heavy (non-hydrogen) atoms. The van der Waals surface area contributed by atoms with Crippen LogP contribution in [0, 0.1) is 0 Å². The Hall–Kier alpha value is -2.38. The lowest BCUT2D eigenvalue weighted by atomic mass is 10.1. The van der Waals surface area contributed by atoms with Gasteiger partial charge in [0.25, 0.3) is 5.91 Å². The van der Waals surface area contributed by atoms with E-state index in [0.717, 1.165) is 38.2 Å². The van der Waals surface area contributed by atoms with Gasteiger partial charge >= 0.3 is 0 Å². The van der Waals surface area contributed by atoms with Crippen molar-refractivity contribution in [2.24, 2.45) is 0 Å². The van der Waals surface area contributed by atoms with E-state index in [2.05, 4.69) is 17.0 Å². The molecular weight excluding hydrogens is 386 g/mol. The van der Waals surface area contributed by atoms with Crippen molar-refractivity contribution in [3.63, 3.8) is 0 Å². The number of methoxy groups -OCH3 is 1. The van der Waals surface area contributed by atoms with Crippen molar-refractivity contribution in [1.29, 1.82) is 0 Å². The van der Waals surface area contributed by atoms with E-state index in [9.17, 15) is 9.59 Å². The number of piperazine rings is 1. The summed E-state index contributed by atoms with van der Waals surface area (Å²) in [5.41, 5.74) is 1.24. The van der Waals surface area contributed by atoms with E-state index < -0.39 is 0 Å². The average Bonchev–Trinajstić information content (AvgIpc) is 3.46. The van der Waals surface area contributed by atoms with Gasteiger partial charge in [0.1, 0.15) is 11.8 Å². The number of benzene rings is 1. The van der Waals surface area contributed by atoms with Crippen LogP contribution >= 0.6 is 11.3 Å². The second kappa shape index (κ2) is 8.97. The number of rotatable bonds is 5. The predicted octanol–water partition coefficient (Wildman–Crippen LogP) is 2.71. The summed E-state index contributed by atoms with van der Waals surface area (Å²) >= 11 is 1.44. The van der Waals surface area contributed by atoms with Gasteiger partial charge in [-0.3, -0.25) is 14.5 Å². The number of carbonyl (C=O) groups excluding carboxylic acids is 2. The number of hydrogen-bond acceptors (Lipinski definition) is 5. The van der Waals surface area contributed by atoms with Gasteiger partial charge in [0, 0.05) is 39.3 Å². The Bertz CT molecular complexity index is 829. The lowest BCUT2D eigenvalue weighted by Gasteiger charge is -2.37. The maximum absolute atomic E-state index is 13.1. The molecule has 2 saturated heterocycles. The smallest absolute Gasteiger partial charge is 0.264 e. The number of ether oxygens (including phenoxy) is 1. The molecule has 1 aromatic heterocycles. The summed E-state index contributed by atoms with van der Waals surface area (Å²) < 4.78 is 5.21. The molecule has 2 fully saturated rings. The van der Waals surface area contributed by atoms with E-state index in [1.807, 2.05) is 34.5 Å². The Labute approximate surface area is 175 Å². The van der Waals surface area contributed by atoms with Crippen LogP contribution in [0.15, 0.2) is 41.8 Å². The maximum atomic E-state index is 13.1. The van der Waals surface area contributed by atoms with Crippen molar-refractivity contribution in [3.8, 4) is 5.75 Å². The van der Waals surface area contributed by atoms with Crippen molar-refractivity contribution in [2.45, 2.75) is 25.4 Å². The molecule has 0 bridgehead atoms. The second-order valence-corrected chi connectivity index (χ2v) is 8.53. The topological polar surface area (TPSA) is 53.1 Å². The highest BCUT2D eigenvalue weighted by Gasteiger charge is 2.37. The van der Waals surface area contributed by atoms with Crippen molar-refractivity contribution in [1.82, 2.24) is 14.7 Å². The molecule has 1 atom stereocenters. The van der Waals surface area contributed by atoms with Crippen LogP contribution in [-0.2, 0) is 11.3 Å². The average molecular weight is 414 g/mol. The van der Waals surface area contributed by atoms with E-state index in [-0.39, 0.29) is 17.9 Å². The van der Waals surface area contributed by atoms with E-state index >= 15 is 0 Å². The summed E-state index contributed by atoms with van der Waals surface area (Å²) in [5, 5.41) is 1.90. The van der Waals surface area contributed by atoms with Crippen LogP contribution in [0.4, 0.5) is 0 Å². The van der Waals surface area contributed by atoms with Crippen molar-refractivity contribution < 1.29 is 14.3 Å². The Balaban J connectivity index is 1.31. The first-order valence-electron chi connectivity index (χ1n) is 10.1. The minimum Gasteiger partial charge on any atom is -0.497 e. The summed E-state index contributed by atoms with van der Waals surface area (Å²) in [6.07, 6.45) is 1.66. The van der Waals surface area contributed by atoms with Crippen LogP contribution in [0.25, 0.3) is 0 Å². The Morgan fingerprint density at radius 3 is 2.48 bits per heavy atom. The Morgan fingerprint density at radius 2 is 1.83 bits per heavy atom. The summed E-state index contributed by atoms with van der Waals surface area (Å²) in [7, 11) is 1.67. The summed E-state index contributed by atoms with van der Waals surface area (Å²) in [5.74, 6) is 0.966. The molecule has 154 valence electrons. The van der Waals surface area contributed by atoms with Crippen LogP contribution < -0.4 is 4.74 Å². The second-order valence-electron chi connectivity index (χ2n) is 7.58. The first-order valence-corrected chi connectivity index (χ1v) is 11.0. The predicted molar refractivity (Wildman–Crippen MR) is 113 cm³/mol.